The maximum absolute atomic E-state index is 6.63. The lowest BCUT2D eigenvalue weighted by Crippen LogP contribution is -2.36. The minimum Gasteiger partial charge on any atom is -0.494 e. The SMILES string of the molecule is CCOc1ccccc1[C@H]1c2c(C)nn(-c3ccc(C)cc3)c2N=C2C(Cl)=CC(Cl)=CN21. The van der Waals surface area contributed by atoms with Crippen molar-refractivity contribution >= 4 is 34.9 Å². The predicted molar refractivity (Wildman–Crippen MR) is 129 cm³/mol. The molecule has 1 aromatic heterocycles. The molecule has 0 N–H and O–H groups in total. The van der Waals surface area contributed by atoms with Gasteiger partial charge in [0.2, 0.25) is 0 Å². The highest BCUT2D eigenvalue weighted by Crippen LogP contribution is 2.47. The molecule has 0 bridgehead atoms. The van der Waals surface area contributed by atoms with Crippen LogP contribution in [0.5, 0.6) is 5.75 Å². The van der Waals surface area contributed by atoms with Crippen LogP contribution in [0.15, 0.2) is 75.9 Å². The van der Waals surface area contributed by atoms with Gasteiger partial charge in [-0.2, -0.15) is 5.10 Å². The van der Waals surface area contributed by atoms with Crippen LogP contribution in [0.25, 0.3) is 5.69 Å². The highest BCUT2D eigenvalue weighted by molar-refractivity contribution is 6.45. The predicted octanol–water partition coefficient (Wildman–Crippen LogP) is 6.54. The molecule has 0 unspecified atom stereocenters. The van der Waals surface area contributed by atoms with E-state index >= 15 is 0 Å². The van der Waals surface area contributed by atoms with E-state index in [2.05, 4.69) is 25.1 Å². The summed E-state index contributed by atoms with van der Waals surface area (Å²) in [7, 11) is 0. The normalized spacial score (nSPS) is 17.2. The first-order valence-electron chi connectivity index (χ1n) is 10.5. The zero-order valence-corrected chi connectivity index (χ0v) is 19.5. The fourth-order valence-corrected chi connectivity index (χ4v) is 4.73. The first-order valence-corrected chi connectivity index (χ1v) is 11.2. The van der Waals surface area contributed by atoms with Gasteiger partial charge in [-0.3, -0.25) is 0 Å². The van der Waals surface area contributed by atoms with Crippen molar-refractivity contribution in [1.82, 2.24) is 14.7 Å². The number of amidine groups is 1. The Morgan fingerprint density at radius 3 is 2.53 bits per heavy atom. The monoisotopic (exact) mass is 464 g/mol. The summed E-state index contributed by atoms with van der Waals surface area (Å²) in [6, 6.07) is 16.0. The van der Waals surface area contributed by atoms with E-state index in [1.54, 1.807) is 6.08 Å². The molecule has 32 heavy (non-hydrogen) atoms. The zero-order chi connectivity index (χ0) is 22.4. The molecule has 3 aromatic rings. The molecule has 5 nitrogen and oxygen atoms in total. The van der Waals surface area contributed by atoms with E-state index in [9.17, 15) is 0 Å². The molecule has 0 radical (unpaired) electrons. The van der Waals surface area contributed by atoms with Crippen molar-refractivity contribution in [2.75, 3.05) is 6.61 Å². The standard InChI is InChI=1S/C25H22Cl2N4O/c1-4-32-21-8-6-5-7-19(21)23-22-16(3)29-31(18-11-9-15(2)10-12-18)25(22)28-24-20(27)13-17(26)14-30(23)24/h5-14,23H,4H2,1-3H3/t23-/m0/s1. The molecule has 3 heterocycles. The van der Waals surface area contributed by atoms with Crippen molar-refractivity contribution in [3.63, 3.8) is 0 Å². The number of fused-ring (bicyclic) bond motifs is 2. The highest BCUT2D eigenvalue weighted by Gasteiger charge is 2.39. The van der Waals surface area contributed by atoms with Gasteiger partial charge in [0.05, 0.1) is 34.1 Å². The molecule has 0 amide bonds. The summed E-state index contributed by atoms with van der Waals surface area (Å²) < 4.78 is 7.87. The van der Waals surface area contributed by atoms with Gasteiger partial charge in [-0.25, -0.2) is 9.67 Å². The second-order valence-electron chi connectivity index (χ2n) is 7.79. The fourth-order valence-electron chi connectivity index (χ4n) is 4.21. The van der Waals surface area contributed by atoms with E-state index in [4.69, 9.17) is 38.0 Å². The van der Waals surface area contributed by atoms with Crippen LogP contribution in [0.2, 0.25) is 0 Å². The van der Waals surface area contributed by atoms with Crippen LogP contribution in [0.1, 0.15) is 35.3 Å². The van der Waals surface area contributed by atoms with E-state index in [1.807, 2.05) is 60.0 Å². The number of para-hydroxylation sites is 1. The Labute approximate surface area is 197 Å². The second kappa shape index (κ2) is 8.15. The van der Waals surface area contributed by atoms with Crippen molar-refractivity contribution in [2.45, 2.75) is 26.8 Å². The second-order valence-corrected chi connectivity index (χ2v) is 8.64. The molecular formula is C25H22Cl2N4O. The number of halogens is 2. The van der Waals surface area contributed by atoms with Crippen LogP contribution in [-0.2, 0) is 0 Å². The Balaban J connectivity index is 1.78. The van der Waals surface area contributed by atoms with Gasteiger partial charge in [-0.1, -0.05) is 59.1 Å². The van der Waals surface area contributed by atoms with Gasteiger partial charge in [0, 0.05) is 17.3 Å². The quantitative estimate of drug-likeness (QED) is 0.440. The number of ether oxygens (including phenoxy) is 1. The van der Waals surface area contributed by atoms with E-state index in [-0.39, 0.29) is 6.04 Å². The topological polar surface area (TPSA) is 42.6 Å². The summed E-state index contributed by atoms with van der Waals surface area (Å²) in [6.07, 6.45) is 3.58. The van der Waals surface area contributed by atoms with Crippen molar-refractivity contribution in [2.24, 2.45) is 4.99 Å². The molecule has 0 saturated carbocycles. The minimum absolute atomic E-state index is 0.240. The minimum atomic E-state index is -0.240. The summed E-state index contributed by atoms with van der Waals surface area (Å²) in [5.41, 5.74) is 5.01. The van der Waals surface area contributed by atoms with Crippen LogP contribution < -0.4 is 4.74 Å². The molecule has 5 rings (SSSR count). The molecule has 0 aliphatic carbocycles. The average Bonchev–Trinajstić information content (AvgIpc) is 3.10. The Bertz CT molecular complexity index is 1290. The Morgan fingerprint density at radius 2 is 1.78 bits per heavy atom. The van der Waals surface area contributed by atoms with Gasteiger partial charge in [-0.05, 0) is 45.0 Å². The van der Waals surface area contributed by atoms with Crippen LogP contribution in [0, 0.1) is 13.8 Å². The van der Waals surface area contributed by atoms with Gasteiger partial charge in [-0.15, -0.1) is 0 Å². The van der Waals surface area contributed by atoms with Crippen LogP contribution in [-0.4, -0.2) is 27.1 Å². The van der Waals surface area contributed by atoms with Crippen LogP contribution in [0.4, 0.5) is 5.82 Å². The maximum atomic E-state index is 6.63. The average molecular weight is 465 g/mol. The number of hydrogen-bond acceptors (Lipinski definition) is 4. The van der Waals surface area contributed by atoms with Gasteiger partial charge < -0.3 is 9.64 Å². The van der Waals surface area contributed by atoms with Crippen molar-refractivity contribution < 1.29 is 4.74 Å². The third-order valence-corrected chi connectivity index (χ3v) is 6.11. The van der Waals surface area contributed by atoms with Gasteiger partial charge in [0.15, 0.2) is 11.7 Å². The number of rotatable bonds is 4. The van der Waals surface area contributed by atoms with Crippen molar-refractivity contribution in [3.8, 4) is 11.4 Å². The van der Waals surface area contributed by atoms with E-state index in [1.165, 1.54) is 5.56 Å². The van der Waals surface area contributed by atoms with Gasteiger partial charge in [0.1, 0.15) is 5.75 Å². The molecule has 2 aliphatic rings. The van der Waals surface area contributed by atoms with Crippen molar-refractivity contribution in [1.29, 1.82) is 0 Å². The number of benzene rings is 2. The first kappa shape index (κ1) is 20.9. The summed E-state index contributed by atoms with van der Waals surface area (Å²) in [5, 5.41) is 5.90. The summed E-state index contributed by atoms with van der Waals surface area (Å²) in [5.74, 6) is 2.20. The van der Waals surface area contributed by atoms with Crippen LogP contribution >= 0.6 is 23.2 Å². The highest BCUT2D eigenvalue weighted by atomic mass is 35.5. The molecule has 2 aromatic carbocycles. The molecule has 1 atom stereocenters. The molecule has 0 fully saturated rings. The molecule has 162 valence electrons. The lowest BCUT2D eigenvalue weighted by Gasteiger charge is -2.37. The third kappa shape index (κ3) is 3.42. The van der Waals surface area contributed by atoms with Crippen LogP contribution in [0.3, 0.4) is 0 Å². The smallest absolute Gasteiger partial charge is 0.164 e. The van der Waals surface area contributed by atoms with Gasteiger partial charge >= 0.3 is 0 Å². The number of aromatic nitrogens is 2. The lowest BCUT2D eigenvalue weighted by molar-refractivity contribution is 0.327. The molecule has 2 aliphatic heterocycles. The number of nitrogens with zero attached hydrogens (tertiary/aromatic N) is 4. The Kier molecular flexibility index (Phi) is 5.31. The number of allylic oxidation sites excluding steroid dienone is 2. The first-order chi connectivity index (χ1) is 15.5. The fraction of sp³-hybridized carbons (Fsp3) is 0.200. The summed E-state index contributed by atoms with van der Waals surface area (Å²) in [6.45, 7) is 6.62. The van der Waals surface area contributed by atoms with Crippen molar-refractivity contribution in [3.05, 3.63) is 93.3 Å². The van der Waals surface area contributed by atoms with E-state index in [0.29, 0.717) is 22.5 Å². The van der Waals surface area contributed by atoms with Gasteiger partial charge in [0.25, 0.3) is 0 Å². The van der Waals surface area contributed by atoms with E-state index in [0.717, 1.165) is 34.1 Å². The lowest BCUT2D eigenvalue weighted by atomic mass is 9.94. The zero-order valence-electron chi connectivity index (χ0n) is 18.0. The molecular weight excluding hydrogens is 443 g/mol. The Hall–Kier alpha value is -3.02. The number of aryl methyl sites for hydroxylation is 2. The van der Waals surface area contributed by atoms with E-state index < -0.39 is 0 Å². The molecule has 0 saturated heterocycles. The third-order valence-electron chi connectivity index (χ3n) is 5.62. The maximum Gasteiger partial charge on any atom is 0.164 e. The largest absolute Gasteiger partial charge is 0.494 e. The number of hydrogen-bond donors (Lipinski definition) is 0. The summed E-state index contributed by atoms with van der Waals surface area (Å²) in [4.78, 5) is 6.97. The molecule has 0 spiro atoms. The molecule has 7 heteroatoms. The summed E-state index contributed by atoms with van der Waals surface area (Å²) >= 11 is 13.1. The number of aliphatic imine (C=N–C) groups is 1. The Morgan fingerprint density at radius 1 is 1.03 bits per heavy atom.